The summed E-state index contributed by atoms with van der Waals surface area (Å²) in [6.07, 6.45) is 3.10. The number of nitrogens with zero attached hydrogens (tertiary/aromatic N) is 1. The Hall–Kier alpha value is -0.650. The number of nitrogens with two attached hydrogens (primary N) is 2. The SMILES string of the molecule is NC(=O)C(N)CN1CCCC(CCO)C1. The maximum Gasteiger partial charge on any atom is 0.235 e. The van der Waals surface area contributed by atoms with Crippen molar-refractivity contribution in [3.05, 3.63) is 0 Å². The smallest absolute Gasteiger partial charge is 0.235 e. The highest BCUT2D eigenvalue weighted by Crippen LogP contribution is 2.18. The highest BCUT2D eigenvalue weighted by molar-refractivity contribution is 5.79. The summed E-state index contributed by atoms with van der Waals surface area (Å²) >= 11 is 0. The highest BCUT2D eigenvalue weighted by Gasteiger charge is 2.22. The fourth-order valence-electron chi connectivity index (χ4n) is 2.10. The summed E-state index contributed by atoms with van der Waals surface area (Å²) in [6, 6.07) is -0.571. The van der Waals surface area contributed by atoms with E-state index in [0.29, 0.717) is 12.5 Å². The third-order valence-corrected chi connectivity index (χ3v) is 2.96. The second-order valence-corrected chi connectivity index (χ2v) is 4.29. The van der Waals surface area contributed by atoms with Crippen LogP contribution >= 0.6 is 0 Å². The molecule has 88 valence electrons. The molecule has 0 saturated carbocycles. The van der Waals surface area contributed by atoms with Gasteiger partial charge in [0.15, 0.2) is 0 Å². The molecule has 1 saturated heterocycles. The fourth-order valence-corrected chi connectivity index (χ4v) is 2.10. The van der Waals surface area contributed by atoms with Crippen LogP contribution in [0.1, 0.15) is 19.3 Å². The number of hydrogen-bond donors (Lipinski definition) is 3. The third-order valence-electron chi connectivity index (χ3n) is 2.96. The van der Waals surface area contributed by atoms with Crippen molar-refractivity contribution in [2.24, 2.45) is 17.4 Å². The van der Waals surface area contributed by atoms with Gasteiger partial charge in [0.1, 0.15) is 0 Å². The minimum Gasteiger partial charge on any atom is -0.396 e. The van der Waals surface area contributed by atoms with Gasteiger partial charge < -0.3 is 21.5 Å². The van der Waals surface area contributed by atoms with Crippen LogP contribution in [-0.4, -0.2) is 48.2 Å². The van der Waals surface area contributed by atoms with E-state index in [9.17, 15) is 4.79 Å². The molecule has 5 nitrogen and oxygen atoms in total. The zero-order valence-electron chi connectivity index (χ0n) is 9.06. The van der Waals surface area contributed by atoms with E-state index in [1.165, 1.54) is 0 Å². The van der Waals surface area contributed by atoms with Crippen molar-refractivity contribution in [2.75, 3.05) is 26.2 Å². The van der Waals surface area contributed by atoms with E-state index in [1.54, 1.807) is 0 Å². The number of amides is 1. The lowest BCUT2D eigenvalue weighted by Crippen LogP contribution is -2.48. The first kappa shape index (κ1) is 12.4. The molecule has 15 heavy (non-hydrogen) atoms. The Morgan fingerprint density at radius 3 is 2.93 bits per heavy atom. The Morgan fingerprint density at radius 1 is 1.60 bits per heavy atom. The van der Waals surface area contributed by atoms with E-state index in [4.69, 9.17) is 16.6 Å². The number of aliphatic hydroxyl groups excluding tert-OH is 1. The van der Waals surface area contributed by atoms with Crippen molar-refractivity contribution in [3.8, 4) is 0 Å². The van der Waals surface area contributed by atoms with Gasteiger partial charge in [0.05, 0.1) is 6.04 Å². The standard InChI is InChI=1S/C10H21N3O2/c11-9(10(12)15)7-13-4-1-2-8(6-13)3-5-14/h8-9,14H,1-7,11H2,(H2,12,15). The van der Waals surface area contributed by atoms with Crippen LogP contribution in [0.5, 0.6) is 0 Å². The van der Waals surface area contributed by atoms with Crippen molar-refractivity contribution in [1.82, 2.24) is 4.90 Å². The van der Waals surface area contributed by atoms with Crippen LogP contribution < -0.4 is 11.5 Å². The Bertz CT molecular complexity index is 209. The molecule has 5 N–H and O–H groups in total. The zero-order valence-corrected chi connectivity index (χ0v) is 9.06. The van der Waals surface area contributed by atoms with Gasteiger partial charge in [-0.1, -0.05) is 0 Å². The molecule has 1 aliphatic heterocycles. The molecule has 0 aliphatic carbocycles. The largest absolute Gasteiger partial charge is 0.396 e. The summed E-state index contributed by atoms with van der Waals surface area (Å²) in [4.78, 5) is 13.0. The van der Waals surface area contributed by atoms with Crippen molar-refractivity contribution in [1.29, 1.82) is 0 Å². The number of carbonyl (C=O) groups is 1. The Morgan fingerprint density at radius 2 is 2.33 bits per heavy atom. The number of carbonyl (C=O) groups excluding carboxylic acids is 1. The zero-order chi connectivity index (χ0) is 11.3. The van der Waals surface area contributed by atoms with Gasteiger partial charge in [0, 0.05) is 19.7 Å². The van der Waals surface area contributed by atoms with E-state index in [-0.39, 0.29) is 6.61 Å². The van der Waals surface area contributed by atoms with Gasteiger partial charge in [-0.3, -0.25) is 4.79 Å². The number of piperidine rings is 1. The van der Waals surface area contributed by atoms with Gasteiger partial charge in [0.25, 0.3) is 0 Å². The Kier molecular flexibility index (Phi) is 5.01. The predicted octanol–water partition coefficient (Wildman–Crippen LogP) is -1.11. The predicted molar refractivity (Wildman–Crippen MR) is 58.0 cm³/mol. The van der Waals surface area contributed by atoms with E-state index in [0.717, 1.165) is 32.4 Å². The number of primary amides is 1. The number of likely N-dealkylation sites (tertiary alicyclic amines) is 1. The third kappa shape index (κ3) is 4.15. The van der Waals surface area contributed by atoms with Gasteiger partial charge in [-0.25, -0.2) is 0 Å². The quantitative estimate of drug-likeness (QED) is 0.542. The summed E-state index contributed by atoms with van der Waals surface area (Å²) in [5, 5.41) is 8.86. The van der Waals surface area contributed by atoms with Crippen LogP contribution in [0.2, 0.25) is 0 Å². The molecule has 0 aromatic heterocycles. The highest BCUT2D eigenvalue weighted by atomic mass is 16.3. The van der Waals surface area contributed by atoms with Gasteiger partial charge in [-0.15, -0.1) is 0 Å². The molecule has 1 amide bonds. The average Bonchev–Trinajstić information content (AvgIpc) is 2.18. The molecule has 2 atom stereocenters. The van der Waals surface area contributed by atoms with Crippen molar-refractivity contribution < 1.29 is 9.90 Å². The molecule has 1 fully saturated rings. The van der Waals surface area contributed by atoms with Gasteiger partial charge in [0.2, 0.25) is 5.91 Å². The fraction of sp³-hybridized carbons (Fsp3) is 0.900. The molecule has 2 unspecified atom stereocenters. The first-order valence-electron chi connectivity index (χ1n) is 5.51. The second kappa shape index (κ2) is 6.05. The monoisotopic (exact) mass is 215 g/mol. The Labute approximate surface area is 90.4 Å². The van der Waals surface area contributed by atoms with Crippen LogP contribution in [0.4, 0.5) is 0 Å². The van der Waals surface area contributed by atoms with E-state index < -0.39 is 11.9 Å². The summed E-state index contributed by atoms with van der Waals surface area (Å²) in [5.74, 6) is 0.0862. The molecule has 0 bridgehead atoms. The lowest BCUT2D eigenvalue weighted by atomic mass is 9.95. The minimum absolute atomic E-state index is 0.236. The van der Waals surface area contributed by atoms with Crippen LogP contribution in [0.3, 0.4) is 0 Å². The Balaban J connectivity index is 2.32. The van der Waals surface area contributed by atoms with Crippen LogP contribution in [0.25, 0.3) is 0 Å². The van der Waals surface area contributed by atoms with E-state index >= 15 is 0 Å². The lowest BCUT2D eigenvalue weighted by Gasteiger charge is -2.33. The first-order chi connectivity index (χ1) is 7.13. The van der Waals surface area contributed by atoms with Crippen molar-refractivity contribution >= 4 is 5.91 Å². The summed E-state index contributed by atoms with van der Waals surface area (Å²) in [7, 11) is 0. The molecule has 0 radical (unpaired) electrons. The molecular weight excluding hydrogens is 194 g/mol. The molecule has 0 spiro atoms. The maximum absolute atomic E-state index is 10.8. The first-order valence-corrected chi connectivity index (χ1v) is 5.51. The minimum atomic E-state index is -0.571. The van der Waals surface area contributed by atoms with E-state index in [1.807, 2.05) is 0 Å². The van der Waals surface area contributed by atoms with Crippen molar-refractivity contribution in [3.63, 3.8) is 0 Å². The molecule has 0 aromatic carbocycles. The molecule has 1 aliphatic rings. The van der Waals surface area contributed by atoms with Gasteiger partial charge in [-0.05, 0) is 31.7 Å². The van der Waals surface area contributed by atoms with Gasteiger partial charge in [-0.2, -0.15) is 0 Å². The van der Waals surface area contributed by atoms with Crippen molar-refractivity contribution in [2.45, 2.75) is 25.3 Å². The molecular formula is C10H21N3O2. The molecule has 5 heteroatoms. The summed E-state index contributed by atoms with van der Waals surface area (Å²) in [6.45, 7) is 2.67. The number of rotatable bonds is 5. The average molecular weight is 215 g/mol. The second-order valence-electron chi connectivity index (χ2n) is 4.29. The maximum atomic E-state index is 10.8. The summed E-state index contributed by atoms with van der Waals surface area (Å²) in [5.41, 5.74) is 10.7. The molecule has 1 rings (SSSR count). The topological polar surface area (TPSA) is 92.6 Å². The number of aliphatic hydroxyl groups is 1. The molecule has 1 heterocycles. The molecule has 0 aromatic rings. The lowest BCUT2D eigenvalue weighted by molar-refractivity contribution is -0.119. The summed E-state index contributed by atoms with van der Waals surface area (Å²) < 4.78 is 0. The van der Waals surface area contributed by atoms with Gasteiger partial charge >= 0.3 is 0 Å². The van der Waals surface area contributed by atoms with Crippen LogP contribution in [-0.2, 0) is 4.79 Å². The van der Waals surface area contributed by atoms with Crippen LogP contribution in [0, 0.1) is 5.92 Å². The van der Waals surface area contributed by atoms with E-state index in [2.05, 4.69) is 4.90 Å². The van der Waals surface area contributed by atoms with Crippen LogP contribution in [0.15, 0.2) is 0 Å². The number of hydrogen-bond acceptors (Lipinski definition) is 4. The normalized spacial score (nSPS) is 25.1.